The third kappa shape index (κ3) is 3.20. The lowest BCUT2D eigenvalue weighted by molar-refractivity contribution is -0.157. The first-order valence-corrected chi connectivity index (χ1v) is 5.65. The van der Waals surface area contributed by atoms with Crippen molar-refractivity contribution < 1.29 is 19.1 Å². The predicted molar refractivity (Wildman–Crippen MR) is 60.0 cm³/mol. The Kier molecular flexibility index (Phi) is 5.11. The van der Waals surface area contributed by atoms with Crippen LogP contribution in [0.1, 0.15) is 19.3 Å². The van der Waals surface area contributed by atoms with Crippen LogP contribution in [-0.2, 0) is 19.1 Å². The molecule has 1 N–H and O–H groups in total. The number of carbonyl (C=O) groups is 3. The fraction of sp³-hybridized carbons (Fsp3) is 0.636. The highest BCUT2D eigenvalue weighted by Crippen LogP contribution is 2.18. The summed E-state index contributed by atoms with van der Waals surface area (Å²) in [5.74, 6) is -2.18. The summed E-state index contributed by atoms with van der Waals surface area (Å²) < 4.78 is 4.61. The standard InChI is InChI=1S/C11H15N3O4/c1-18-11(17)8-4-2-3-7-14(8)10(16)9(15)13-6-5-12/h8H,2-4,6-7H2,1H3,(H,13,15). The van der Waals surface area contributed by atoms with Crippen LogP contribution in [0, 0.1) is 11.3 Å². The summed E-state index contributed by atoms with van der Waals surface area (Å²) in [6.45, 7) is 0.111. The number of nitrogens with one attached hydrogen (secondary N) is 1. The zero-order chi connectivity index (χ0) is 13.5. The maximum Gasteiger partial charge on any atom is 0.328 e. The third-order valence-electron chi connectivity index (χ3n) is 2.76. The Hall–Kier alpha value is -2.10. The normalized spacial score (nSPS) is 18.7. The minimum Gasteiger partial charge on any atom is -0.467 e. The molecule has 1 saturated heterocycles. The number of likely N-dealkylation sites (tertiary alicyclic amines) is 1. The van der Waals surface area contributed by atoms with Crippen molar-refractivity contribution in [2.45, 2.75) is 25.3 Å². The van der Waals surface area contributed by atoms with Crippen LogP contribution in [0.2, 0.25) is 0 Å². The number of esters is 1. The van der Waals surface area contributed by atoms with E-state index in [1.807, 2.05) is 0 Å². The van der Waals surface area contributed by atoms with Crippen molar-refractivity contribution in [2.75, 3.05) is 20.2 Å². The van der Waals surface area contributed by atoms with Gasteiger partial charge in [0.2, 0.25) is 0 Å². The number of amides is 2. The molecular weight excluding hydrogens is 238 g/mol. The van der Waals surface area contributed by atoms with Crippen LogP contribution in [0.3, 0.4) is 0 Å². The van der Waals surface area contributed by atoms with E-state index in [-0.39, 0.29) is 6.54 Å². The van der Waals surface area contributed by atoms with Crippen molar-refractivity contribution in [3.05, 3.63) is 0 Å². The maximum absolute atomic E-state index is 11.8. The molecule has 2 amide bonds. The molecule has 0 aromatic rings. The van der Waals surface area contributed by atoms with Gasteiger partial charge < -0.3 is 15.0 Å². The van der Waals surface area contributed by atoms with Crippen LogP contribution in [-0.4, -0.2) is 48.9 Å². The summed E-state index contributed by atoms with van der Waals surface area (Å²) in [6.07, 6.45) is 2.04. The first kappa shape index (κ1) is 14.0. The van der Waals surface area contributed by atoms with Crippen LogP contribution in [0.15, 0.2) is 0 Å². The number of nitrogens with zero attached hydrogens (tertiary/aromatic N) is 2. The molecule has 1 aliphatic heterocycles. The number of hydrogen-bond acceptors (Lipinski definition) is 5. The van der Waals surface area contributed by atoms with Gasteiger partial charge in [-0.3, -0.25) is 9.59 Å². The second-order valence-electron chi connectivity index (χ2n) is 3.87. The molecule has 1 unspecified atom stereocenters. The van der Waals surface area contributed by atoms with Crippen molar-refractivity contribution >= 4 is 17.8 Å². The average Bonchev–Trinajstić information content (AvgIpc) is 2.43. The molecule has 0 aliphatic carbocycles. The second kappa shape index (κ2) is 6.59. The van der Waals surface area contributed by atoms with Gasteiger partial charge in [-0.15, -0.1) is 0 Å². The number of hydrogen-bond donors (Lipinski definition) is 1. The summed E-state index contributed by atoms with van der Waals surface area (Å²) in [7, 11) is 1.25. The van der Waals surface area contributed by atoms with Gasteiger partial charge in [0, 0.05) is 6.54 Å². The number of rotatable bonds is 2. The van der Waals surface area contributed by atoms with Gasteiger partial charge in [0.05, 0.1) is 13.2 Å². The molecule has 7 heteroatoms. The fourth-order valence-corrected chi connectivity index (χ4v) is 1.88. The fourth-order valence-electron chi connectivity index (χ4n) is 1.88. The first-order valence-electron chi connectivity index (χ1n) is 5.65. The molecule has 0 saturated carbocycles. The topological polar surface area (TPSA) is 99.5 Å². The molecular formula is C11H15N3O4. The SMILES string of the molecule is COC(=O)C1CCCCN1C(=O)C(=O)NCC#N. The molecule has 1 heterocycles. The number of piperidine rings is 1. The Labute approximate surface area is 105 Å². The molecule has 0 spiro atoms. The van der Waals surface area contributed by atoms with Crippen molar-refractivity contribution in [3.8, 4) is 6.07 Å². The number of carbonyl (C=O) groups excluding carboxylic acids is 3. The summed E-state index contributed by atoms with van der Waals surface area (Å²) >= 11 is 0. The molecule has 0 radical (unpaired) electrons. The van der Waals surface area contributed by atoms with Crippen LogP contribution in [0.25, 0.3) is 0 Å². The highest BCUT2D eigenvalue weighted by Gasteiger charge is 2.35. The lowest BCUT2D eigenvalue weighted by atomic mass is 10.0. The van der Waals surface area contributed by atoms with Gasteiger partial charge in [0.15, 0.2) is 0 Å². The van der Waals surface area contributed by atoms with Gasteiger partial charge in [-0.1, -0.05) is 0 Å². The van der Waals surface area contributed by atoms with E-state index in [9.17, 15) is 14.4 Å². The molecule has 7 nitrogen and oxygen atoms in total. The molecule has 1 aliphatic rings. The Bertz CT molecular complexity index is 388. The molecule has 0 bridgehead atoms. The predicted octanol–water partition coefficient (Wildman–Crippen LogP) is -0.820. The van der Waals surface area contributed by atoms with Gasteiger partial charge in [-0.25, -0.2) is 4.79 Å². The molecule has 98 valence electrons. The minimum absolute atomic E-state index is 0.235. The van der Waals surface area contributed by atoms with Crippen molar-refractivity contribution in [1.82, 2.24) is 10.2 Å². The van der Waals surface area contributed by atoms with E-state index in [0.717, 1.165) is 12.8 Å². The zero-order valence-corrected chi connectivity index (χ0v) is 10.1. The van der Waals surface area contributed by atoms with Crippen molar-refractivity contribution in [3.63, 3.8) is 0 Å². The van der Waals surface area contributed by atoms with E-state index < -0.39 is 23.8 Å². The highest BCUT2D eigenvalue weighted by atomic mass is 16.5. The van der Waals surface area contributed by atoms with Crippen LogP contribution in [0.4, 0.5) is 0 Å². The Morgan fingerprint density at radius 1 is 1.44 bits per heavy atom. The Morgan fingerprint density at radius 3 is 2.78 bits per heavy atom. The number of nitriles is 1. The van der Waals surface area contributed by atoms with Crippen LogP contribution in [0.5, 0.6) is 0 Å². The highest BCUT2D eigenvalue weighted by molar-refractivity contribution is 6.35. The second-order valence-corrected chi connectivity index (χ2v) is 3.87. The number of ether oxygens (including phenoxy) is 1. The first-order chi connectivity index (χ1) is 8.61. The van der Waals surface area contributed by atoms with Gasteiger partial charge in [0.25, 0.3) is 0 Å². The third-order valence-corrected chi connectivity index (χ3v) is 2.76. The van der Waals surface area contributed by atoms with E-state index in [0.29, 0.717) is 13.0 Å². The number of methoxy groups -OCH3 is 1. The van der Waals surface area contributed by atoms with E-state index in [1.54, 1.807) is 6.07 Å². The summed E-state index contributed by atoms with van der Waals surface area (Å²) in [5, 5.41) is 10.5. The summed E-state index contributed by atoms with van der Waals surface area (Å²) in [6, 6.07) is 1.00. The molecule has 1 rings (SSSR count). The monoisotopic (exact) mass is 253 g/mol. The largest absolute Gasteiger partial charge is 0.467 e. The van der Waals surface area contributed by atoms with E-state index >= 15 is 0 Å². The van der Waals surface area contributed by atoms with Crippen LogP contribution < -0.4 is 5.32 Å². The summed E-state index contributed by atoms with van der Waals surface area (Å²) in [4.78, 5) is 36.0. The molecule has 0 aromatic heterocycles. The van der Waals surface area contributed by atoms with Gasteiger partial charge in [0.1, 0.15) is 12.6 Å². The quantitative estimate of drug-likeness (QED) is 0.394. The molecule has 18 heavy (non-hydrogen) atoms. The van der Waals surface area contributed by atoms with Crippen molar-refractivity contribution in [1.29, 1.82) is 5.26 Å². The lowest BCUT2D eigenvalue weighted by Crippen LogP contribution is -2.53. The molecule has 1 atom stereocenters. The Morgan fingerprint density at radius 2 is 2.17 bits per heavy atom. The molecule has 1 fully saturated rings. The van der Waals surface area contributed by atoms with Gasteiger partial charge in [-0.05, 0) is 19.3 Å². The van der Waals surface area contributed by atoms with Crippen molar-refractivity contribution in [2.24, 2.45) is 0 Å². The van der Waals surface area contributed by atoms with E-state index in [2.05, 4.69) is 10.1 Å². The van der Waals surface area contributed by atoms with E-state index in [1.165, 1.54) is 12.0 Å². The smallest absolute Gasteiger partial charge is 0.328 e. The van der Waals surface area contributed by atoms with Gasteiger partial charge >= 0.3 is 17.8 Å². The van der Waals surface area contributed by atoms with Gasteiger partial charge in [-0.2, -0.15) is 5.26 Å². The van der Waals surface area contributed by atoms with Crippen LogP contribution >= 0.6 is 0 Å². The Balaban J connectivity index is 2.71. The minimum atomic E-state index is -0.868. The van der Waals surface area contributed by atoms with E-state index in [4.69, 9.17) is 5.26 Å². The summed E-state index contributed by atoms with van der Waals surface area (Å²) in [5.41, 5.74) is 0. The maximum atomic E-state index is 11.8. The molecule has 0 aromatic carbocycles. The lowest BCUT2D eigenvalue weighted by Gasteiger charge is -2.33. The average molecular weight is 253 g/mol. The zero-order valence-electron chi connectivity index (χ0n) is 10.1.